The van der Waals surface area contributed by atoms with Crippen LogP contribution in [0.2, 0.25) is 0 Å². The van der Waals surface area contributed by atoms with Crippen molar-refractivity contribution in [2.45, 2.75) is 38.6 Å². The lowest BCUT2D eigenvalue weighted by Crippen LogP contribution is -2.28. The van der Waals surface area contributed by atoms with Crippen LogP contribution in [0.4, 0.5) is 0 Å². The third-order valence-electron chi connectivity index (χ3n) is 5.61. The van der Waals surface area contributed by atoms with Gasteiger partial charge in [0.05, 0.1) is 11.7 Å². The van der Waals surface area contributed by atoms with Crippen LogP contribution < -0.4 is 10.6 Å². The number of nitrogens with zero attached hydrogens (tertiary/aromatic N) is 1. The summed E-state index contributed by atoms with van der Waals surface area (Å²) < 4.78 is 0. The summed E-state index contributed by atoms with van der Waals surface area (Å²) in [4.78, 5) is 24.5. The topological polar surface area (TPSA) is 86.9 Å². The fraction of sp³-hybridized carbons (Fsp3) is 0.348. The number of nitrogens with one attached hydrogen (secondary N) is 3. The molecule has 0 radical (unpaired) electrons. The van der Waals surface area contributed by atoms with Crippen LogP contribution >= 0.6 is 0 Å². The summed E-state index contributed by atoms with van der Waals surface area (Å²) in [7, 11) is 0. The second-order valence-corrected chi connectivity index (χ2v) is 7.69. The molecule has 0 saturated heterocycles. The average molecular weight is 390 g/mol. The van der Waals surface area contributed by atoms with Gasteiger partial charge in [-0.25, -0.2) is 0 Å². The first-order valence-corrected chi connectivity index (χ1v) is 10.3. The molecule has 6 heteroatoms. The fourth-order valence-electron chi connectivity index (χ4n) is 3.87. The number of fused-ring (bicyclic) bond motifs is 1. The molecule has 4 rings (SSSR count). The van der Waals surface area contributed by atoms with E-state index in [-0.39, 0.29) is 17.7 Å². The Bertz CT molecular complexity index is 988. The van der Waals surface area contributed by atoms with E-state index in [0.717, 1.165) is 54.1 Å². The lowest BCUT2D eigenvalue weighted by molar-refractivity contribution is -0.124. The summed E-state index contributed by atoms with van der Waals surface area (Å²) in [5.74, 6) is 0.239. The molecular weight excluding hydrogens is 364 g/mol. The van der Waals surface area contributed by atoms with E-state index in [1.807, 2.05) is 36.4 Å². The molecule has 6 nitrogen and oxygen atoms in total. The van der Waals surface area contributed by atoms with Crippen molar-refractivity contribution >= 4 is 22.7 Å². The highest BCUT2D eigenvalue weighted by Crippen LogP contribution is 2.24. The number of benzene rings is 2. The van der Waals surface area contributed by atoms with Crippen LogP contribution in [-0.4, -0.2) is 28.6 Å². The highest BCUT2D eigenvalue weighted by Gasteiger charge is 2.22. The van der Waals surface area contributed by atoms with Crippen molar-refractivity contribution < 1.29 is 9.59 Å². The Morgan fingerprint density at radius 1 is 1.00 bits per heavy atom. The summed E-state index contributed by atoms with van der Waals surface area (Å²) in [6.45, 7) is 1.08. The van der Waals surface area contributed by atoms with Crippen molar-refractivity contribution in [2.24, 2.45) is 5.92 Å². The van der Waals surface area contributed by atoms with E-state index >= 15 is 0 Å². The van der Waals surface area contributed by atoms with Gasteiger partial charge in [-0.3, -0.25) is 14.7 Å². The molecule has 29 heavy (non-hydrogen) atoms. The zero-order valence-electron chi connectivity index (χ0n) is 16.4. The molecule has 0 atom stereocenters. The van der Waals surface area contributed by atoms with Gasteiger partial charge >= 0.3 is 0 Å². The largest absolute Gasteiger partial charge is 0.352 e. The Hall–Kier alpha value is -3.15. The van der Waals surface area contributed by atoms with Gasteiger partial charge in [0.2, 0.25) is 5.91 Å². The molecule has 0 bridgehead atoms. The highest BCUT2D eigenvalue weighted by atomic mass is 16.2. The molecular formula is C23H26N4O2. The number of aromatic amines is 1. The first-order chi connectivity index (χ1) is 14.2. The number of aromatic nitrogens is 2. The number of carbonyl (C=O) groups excluding carboxylic acids is 2. The van der Waals surface area contributed by atoms with Crippen LogP contribution in [0, 0.1) is 5.92 Å². The molecule has 0 aliphatic heterocycles. The minimum absolute atomic E-state index is 0.0871. The predicted molar refractivity (Wildman–Crippen MR) is 112 cm³/mol. The Balaban J connectivity index is 1.23. The predicted octanol–water partition coefficient (Wildman–Crippen LogP) is 3.34. The standard InChI is InChI=1S/C23H26N4O2/c28-22(24-12-11-16-7-10-21-20(13-16)15-26-27-21)19-8-5-17(6-9-19)14-25-23(29)18-3-1-2-4-18/h5-10,13,15,18H,1-4,11-12,14H2,(H,24,28)(H,25,29)(H,26,27). The molecule has 2 aromatic carbocycles. The van der Waals surface area contributed by atoms with E-state index in [4.69, 9.17) is 0 Å². The number of H-pyrrole nitrogens is 1. The first-order valence-electron chi connectivity index (χ1n) is 10.3. The molecule has 1 heterocycles. The molecule has 1 aliphatic rings. The third kappa shape index (κ3) is 4.83. The first kappa shape index (κ1) is 19.2. The van der Waals surface area contributed by atoms with Crippen LogP contribution in [0.25, 0.3) is 10.9 Å². The van der Waals surface area contributed by atoms with Gasteiger partial charge in [0.1, 0.15) is 0 Å². The fourth-order valence-corrected chi connectivity index (χ4v) is 3.87. The normalized spacial score (nSPS) is 14.2. The number of hydrogen-bond donors (Lipinski definition) is 3. The molecule has 0 unspecified atom stereocenters. The molecule has 1 aliphatic carbocycles. The van der Waals surface area contributed by atoms with Crippen LogP contribution in [0.5, 0.6) is 0 Å². The summed E-state index contributed by atoms with van der Waals surface area (Å²) in [5.41, 5.74) is 3.80. The van der Waals surface area contributed by atoms with Crippen molar-refractivity contribution in [1.29, 1.82) is 0 Å². The van der Waals surface area contributed by atoms with E-state index < -0.39 is 0 Å². The SMILES string of the molecule is O=C(NCCc1ccc2[nH]ncc2c1)c1ccc(CNC(=O)C2CCCC2)cc1. The molecule has 1 fully saturated rings. The van der Waals surface area contributed by atoms with Crippen molar-refractivity contribution in [3.8, 4) is 0 Å². The van der Waals surface area contributed by atoms with E-state index in [2.05, 4.69) is 26.9 Å². The van der Waals surface area contributed by atoms with Crippen LogP contribution in [0.1, 0.15) is 47.2 Å². The second-order valence-electron chi connectivity index (χ2n) is 7.69. The Morgan fingerprint density at radius 3 is 2.55 bits per heavy atom. The van der Waals surface area contributed by atoms with Gasteiger partial charge in [0.15, 0.2) is 0 Å². The smallest absolute Gasteiger partial charge is 0.251 e. The minimum Gasteiger partial charge on any atom is -0.352 e. The van der Waals surface area contributed by atoms with E-state index in [9.17, 15) is 9.59 Å². The molecule has 1 saturated carbocycles. The van der Waals surface area contributed by atoms with Gasteiger partial charge in [-0.2, -0.15) is 5.10 Å². The molecule has 2 amide bonds. The number of rotatable bonds is 7. The van der Waals surface area contributed by atoms with Crippen LogP contribution in [-0.2, 0) is 17.8 Å². The van der Waals surface area contributed by atoms with Crippen LogP contribution in [0.3, 0.4) is 0 Å². The maximum Gasteiger partial charge on any atom is 0.251 e. The van der Waals surface area contributed by atoms with Gasteiger partial charge in [0, 0.05) is 30.0 Å². The summed E-state index contributed by atoms with van der Waals surface area (Å²) in [5, 5.41) is 14.0. The number of hydrogen-bond acceptors (Lipinski definition) is 3. The van der Waals surface area contributed by atoms with Gasteiger partial charge < -0.3 is 10.6 Å². The second kappa shape index (κ2) is 8.90. The molecule has 3 N–H and O–H groups in total. The average Bonchev–Trinajstić information content (AvgIpc) is 3.44. The Labute approximate surface area is 170 Å². The van der Waals surface area contributed by atoms with Crippen molar-refractivity contribution in [1.82, 2.24) is 20.8 Å². The van der Waals surface area contributed by atoms with Crippen molar-refractivity contribution in [3.63, 3.8) is 0 Å². The van der Waals surface area contributed by atoms with E-state index in [0.29, 0.717) is 18.7 Å². The molecule has 1 aromatic heterocycles. The van der Waals surface area contributed by atoms with Crippen molar-refractivity contribution in [3.05, 3.63) is 65.4 Å². The van der Waals surface area contributed by atoms with Gasteiger partial charge in [-0.1, -0.05) is 31.0 Å². The Kier molecular flexibility index (Phi) is 5.89. The maximum absolute atomic E-state index is 12.4. The highest BCUT2D eigenvalue weighted by molar-refractivity contribution is 5.94. The molecule has 0 spiro atoms. The summed E-state index contributed by atoms with van der Waals surface area (Å²) in [6.07, 6.45) is 6.87. The zero-order chi connectivity index (χ0) is 20.1. The van der Waals surface area contributed by atoms with E-state index in [1.54, 1.807) is 6.20 Å². The van der Waals surface area contributed by atoms with Crippen LogP contribution in [0.15, 0.2) is 48.7 Å². The summed E-state index contributed by atoms with van der Waals surface area (Å²) in [6, 6.07) is 13.5. The number of carbonyl (C=O) groups is 2. The maximum atomic E-state index is 12.4. The van der Waals surface area contributed by atoms with Gasteiger partial charge in [-0.15, -0.1) is 0 Å². The van der Waals surface area contributed by atoms with Gasteiger partial charge in [0.25, 0.3) is 5.91 Å². The monoisotopic (exact) mass is 390 g/mol. The minimum atomic E-state index is -0.0871. The quantitative estimate of drug-likeness (QED) is 0.578. The van der Waals surface area contributed by atoms with E-state index in [1.165, 1.54) is 0 Å². The lowest BCUT2D eigenvalue weighted by atomic mass is 10.1. The van der Waals surface area contributed by atoms with Gasteiger partial charge in [-0.05, 0) is 54.7 Å². The Morgan fingerprint density at radius 2 is 1.76 bits per heavy atom. The van der Waals surface area contributed by atoms with Crippen molar-refractivity contribution in [2.75, 3.05) is 6.54 Å². The number of amides is 2. The molecule has 150 valence electrons. The summed E-state index contributed by atoms with van der Waals surface area (Å²) >= 11 is 0. The zero-order valence-corrected chi connectivity index (χ0v) is 16.4. The third-order valence-corrected chi connectivity index (χ3v) is 5.61. The lowest BCUT2D eigenvalue weighted by Gasteiger charge is -2.11. The molecule has 3 aromatic rings.